The minimum absolute atomic E-state index is 0.00960. The number of carbonyl (C=O) groups is 2. The van der Waals surface area contributed by atoms with E-state index in [4.69, 9.17) is 13.9 Å². The Balaban J connectivity index is 1.48. The number of carbonyl (C=O) groups excluding carboxylic acids is 2. The fraction of sp³-hybridized carbons (Fsp3) is 0.261. The Morgan fingerprint density at radius 3 is 2.52 bits per heavy atom. The first-order chi connectivity index (χ1) is 15.9. The van der Waals surface area contributed by atoms with E-state index in [-0.39, 0.29) is 12.4 Å². The molecule has 3 heterocycles. The molecule has 1 N–H and O–H groups in total. The third-order valence-corrected chi connectivity index (χ3v) is 4.77. The number of rotatable bonds is 7. The SMILES string of the molecule is COCc1c(C(=O)OCC(=O)Nc2cc(C)nn2-c2nc(C)cc(C)n2)oc2ccccc12. The van der Waals surface area contributed by atoms with Crippen molar-refractivity contribution in [3.05, 3.63) is 64.8 Å². The van der Waals surface area contributed by atoms with Gasteiger partial charge in [0.1, 0.15) is 11.4 Å². The van der Waals surface area contributed by atoms with E-state index in [1.807, 2.05) is 32.0 Å². The molecule has 0 aliphatic carbocycles. The van der Waals surface area contributed by atoms with Crippen LogP contribution < -0.4 is 5.32 Å². The molecule has 1 amide bonds. The molecule has 4 rings (SSSR count). The van der Waals surface area contributed by atoms with E-state index in [1.165, 1.54) is 11.8 Å². The first kappa shape index (κ1) is 22.2. The largest absolute Gasteiger partial charge is 0.450 e. The number of hydrogen-bond donors (Lipinski definition) is 1. The van der Waals surface area contributed by atoms with Gasteiger partial charge in [-0.25, -0.2) is 14.8 Å². The van der Waals surface area contributed by atoms with Crippen LogP contribution >= 0.6 is 0 Å². The van der Waals surface area contributed by atoms with Crippen LogP contribution in [0.5, 0.6) is 0 Å². The molecule has 3 aromatic heterocycles. The predicted molar refractivity (Wildman–Crippen MR) is 119 cm³/mol. The third kappa shape index (κ3) is 4.75. The summed E-state index contributed by atoms with van der Waals surface area (Å²) in [6.07, 6.45) is 0. The molecule has 0 fully saturated rings. The molecule has 170 valence electrons. The molecule has 0 bridgehead atoms. The molecule has 0 spiro atoms. The van der Waals surface area contributed by atoms with E-state index in [0.29, 0.717) is 28.6 Å². The van der Waals surface area contributed by atoms with Crippen molar-refractivity contribution in [3.8, 4) is 5.95 Å². The van der Waals surface area contributed by atoms with Gasteiger partial charge < -0.3 is 19.2 Å². The number of anilines is 1. The highest BCUT2D eigenvalue weighted by molar-refractivity contribution is 5.98. The fourth-order valence-electron chi connectivity index (χ4n) is 3.47. The Morgan fingerprint density at radius 1 is 1.06 bits per heavy atom. The molecule has 10 heteroatoms. The van der Waals surface area contributed by atoms with Crippen molar-refractivity contribution in [2.45, 2.75) is 27.4 Å². The molecule has 0 aliphatic heterocycles. The molecular weight excluding hydrogens is 426 g/mol. The van der Waals surface area contributed by atoms with Crippen LogP contribution in [0.15, 0.2) is 40.8 Å². The first-order valence-corrected chi connectivity index (χ1v) is 10.2. The van der Waals surface area contributed by atoms with Gasteiger partial charge in [-0.05, 0) is 32.9 Å². The third-order valence-electron chi connectivity index (χ3n) is 4.77. The van der Waals surface area contributed by atoms with Crippen LogP contribution in [-0.4, -0.2) is 45.3 Å². The summed E-state index contributed by atoms with van der Waals surface area (Å²) in [5.41, 5.74) is 3.31. The molecule has 0 unspecified atom stereocenters. The summed E-state index contributed by atoms with van der Waals surface area (Å²) in [5, 5.41) is 7.80. The molecular formula is C23H23N5O5. The van der Waals surface area contributed by atoms with Crippen molar-refractivity contribution in [3.63, 3.8) is 0 Å². The number of nitrogens with zero attached hydrogens (tertiary/aromatic N) is 4. The predicted octanol–water partition coefficient (Wildman–Crippen LogP) is 3.28. The maximum Gasteiger partial charge on any atom is 0.375 e. The summed E-state index contributed by atoms with van der Waals surface area (Å²) in [7, 11) is 1.52. The molecule has 0 saturated heterocycles. The van der Waals surface area contributed by atoms with Crippen LogP contribution in [0.1, 0.15) is 33.2 Å². The van der Waals surface area contributed by atoms with Crippen LogP contribution in [0.4, 0.5) is 5.82 Å². The Kier molecular flexibility index (Phi) is 6.18. The molecule has 33 heavy (non-hydrogen) atoms. The lowest BCUT2D eigenvalue weighted by Crippen LogP contribution is -2.23. The van der Waals surface area contributed by atoms with Crippen molar-refractivity contribution in [1.82, 2.24) is 19.7 Å². The smallest absolute Gasteiger partial charge is 0.375 e. The average Bonchev–Trinajstić information content (AvgIpc) is 3.32. The van der Waals surface area contributed by atoms with Crippen LogP contribution in [0, 0.1) is 20.8 Å². The zero-order valence-corrected chi connectivity index (χ0v) is 18.7. The van der Waals surface area contributed by atoms with Gasteiger partial charge in [-0.15, -0.1) is 0 Å². The Hall–Kier alpha value is -4.05. The zero-order valence-electron chi connectivity index (χ0n) is 18.7. The number of furan rings is 1. The van der Waals surface area contributed by atoms with Gasteiger partial charge in [0.2, 0.25) is 5.76 Å². The molecule has 10 nitrogen and oxygen atoms in total. The maximum absolute atomic E-state index is 12.6. The van der Waals surface area contributed by atoms with E-state index in [9.17, 15) is 9.59 Å². The normalized spacial score (nSPS) is 11.0. The lowest BCUT2D eigenvalue weighted by Gasteiger charge is -2.09. The topological polar surface area (TPSA) is 121 Å². The fourth-order valence-corrected chi connectivity index (χ4v) is 3.47. The number of amides is 1. The second kappa shape index (κ2) is 9.21. The summed E-state index contributed by atoms with van der Waals surface area (Å²) in [6, 6.07) is 10.7. The van der Waals surface area contributed by atoms with Gasteiger partial charge in [0, 0.05) is 35.5 Å². The monoisotopic (exact) mass is 449 g/mol. The number of ether oxygens (including phenoxy) is 2. The lowest BCUT2D eigenvalue weighted by atomic mass is 10.1. The van der Waals surface area contributed by atoms with E-state index < -0.39 is 18.5 Å². The summed E-state index contributed by atoms with van der Waals surface area (Å²) in [5.74, 6) is -0.592. The number of aryl methyl sites for hydroxylation is 3. The van der Waals surface area contributed by atoms with E-state index in [2.05, 4.69) is 20.4 Å². The second-order valence-electron chi connectivity index (χ2n) is 7.50. The Bertz CT molecular complexity index is 1320. The molecule has 0 radical (unpaired) electrons. The van der Waals surface area contributed by atoms with Gasteiger partial charge in [0.05, 0.1) is 12.3 Å². The number of methoxy groups -OCH3 is 1. The number of nitrogens with one attached hydrogen (secondary N) is 1. The minimum atomic E-state index is -0.754. The molecule has 4 aromatic rings. The van der Waals surface area contributed by atoms with Crippen LogP contribution in [0.2, 0.25) is 0 Å². The lowest BCUT2D eigenvalue weighted by molar-refractivity contribution is -0.119. The summed E-state index contributed by atoms with van der Waals surface area (Å²) in [4.78, 5) is 33.9. The van der Waals surface area contributed by atoms with Crippen molar-refractivity contribution < 1.29 is 23.5 Å². The summed E-state index contributed by atoms with van der Waals surface area (Å²) in [6.45, 7) is 5.14. The highest BCUT2D eigenvalue weighted by atomic mass is 16.5. The first-order valence-electron chi connectivity index (χ1n) is 10.2. The highest BCUT2D eigenvalue weighted by Gasteiger charge is 2.23. The highest BCUT2D eigenvalue weighted by Crippen LogP contribution is 2.27. The number of aromatic nitrogens is 4. The minimum Gasteiger partial charge on any atom is -0.450 e. The van der Waals surface area contributed by atoms with Crippen molar-refractivity contribution in [1.29, 1.82) is 0 Å². The van der Waals surface area contributed by atoms with Gasteiger partial charge in [0.25, 0.3) is 11.9 Å². The van der Waals surface area contributed by atoms with E-state index in [1.54, 1.807) is 25.1 Å². The van der Waals surface area contributed by atoms with Gasteiger partial charge in [-0.3, -0.25) is 4.79 Å². The van der Waals surface area contributed by atoms with Crippen molar-refractivity contribution in [2.75, 3.05) is 19.0 Å². The van der Waals surface area contributed by atoms with Gasteiger partial charge >= 0.3 is 5.97 Å². The Labute approximate surface area is 189 Å². The average molecular weight is 449 g/mol. The molecule has 0 saturated carbocycles. The summed E-state index contributed by atoms with van der Waals surface area (Å²) >= 11 is 0. The van der Waals surface area contributed by atoms with Crippen LogP contribution in [0.25, 0.3) is 16.9 Å². The Morgan fingerprint density at radius 2 is 1.79 bits per heavy atom. The van der Waals surface area contributed by atoms with E-state index >= 15 is 0 Å². The second-order valence-corrected chi connectivity index (χ2v) is 7.50. The van der Waals surface area contributed by atoms with Crippen LogP contribution in [-0.2, 0) is 20.9 Å². The summed E-state index contributed by atoms with van der Waals surface area (Å²) < 4.78 is 17.5. The maximum atomic E-state index is 12.6. The van der Waals surface area contributed by atoms with Gasteiger partial charge in [-0.2, -0.15) is 9.78 Å². The van der Waals surface area contributed by atoms with Crippen molar-refractivity contribution in [2.24, 2.45) is 0 Å². The number of benzene rings is 1. The van der Waals surface area contributed by atoms with Gasteiger partial charge in [-0.1, -0.05) is 18.2 Å². The van der Waals surface area contributed by atoms with Gasteiger partial charge in [0.15, 0.2) is 6.61 Å². The number of esters is 1. The molecule has 0 aliphatic rings. The number of hydrogen-bond acceptors (Lipinski definition) is 8. The quantitative estimate of drug-likeness (QED) is 0.427. The van der Waals surface area contributed by atoms with Crippen molar-refractivity contribution >= 4 is 28.7 Å². The standard InChI is InChI=1S/C23H23N5O5/c1-13-9-14(2)25-23(24-13)28-19(10-15(3)27-28)26-20(29)12-32-22(30)21-17(11-31-4)16-7-5-6-8-18(16)33-21/h5-10H,11-12H2,1-4H3,(H,26,29). The van der Waals surface area contributed by atoms with E-state index in [0.717, 1.165) is 16.8 Å². The zero-order chi connectivity index (χ0) is 23.5. The van der Waals surface area contributed by atoms with Crippen LogP contribution in [0.3, 0.4) is 0 Å². The number of fused-ring (bicyclic) bond motifs is 1. The number of para-hydroxylation sites is 1. The molecule has 0 atom stereocenters. The molecule has 1 aromatic carbocycles.